The number of hydrogen-bond acceptors (Lipinski definition) is 4. The fraction of sp³-hybridized carbons (Fsp3) is 0.800. The normalized spacial score (nSPS) is 54.0. The van der Waals surface area contributed by atoms with Crippen LogP contribution in [-0.4, -0.2) is 35.0 Å². The van der Waals surface area contributed by atoms with Crippen molar-refractivity contribution in [1.82, 2.24) is 0 Å². The molecule has 0 aromatic carbocycles. The van der Waals surface area contributed by atoms with E-state index in [9.17, 15) is 9.59 Å². The number of carbonyl (C=O) groups excluding carboxylic acids is 2. The van der Waals surface area contributed by atoms with Crippen LogP contribution >= 0.6 is 0 Å². The number of Topliss-reactive ketones (excluding diaryl/α,β-unsaturated/α-hetero) is 1. The van der Waals surface area contributed by atoms with E-state index in [1.807, 2.05) is 13.8 Å². The van der Waals surface area contributed by atoms with Crippen LogP contribution < -0.4 is 0 Å². The standard InChI is InChI=1S/C20H28O4/c1-11-13-10-14(21)12(2)18(11,3)8-9-19(4)15(23-19)6-7-20(5)17(24-20)16(13)22/h10-12,15,17H,6-9H2,1-5H3/t11-,12-,15+,17-,18-,19+,20-/m1/s1. The lowest BCUT2D eigenvalue weighted by Gasteiger charge is -2.44. The number of ether oxygens (including phenoxy) is 2. The quantitative estimate of drug-likeness (QED) is 0.639. The van der Waals surface area contributed by atoms with Gasteiger partial charge in [0, 0.05) is 11.5 Å². The van der Waals surface area contributed by atoms with E-state index in [2.05, 4.69) is 20.8 Å². The Balaban J connectivity index is 1.73. The largest absolute Gasteiger partial charge is 0.366 e. The zero-order chi connectivity index (χ0) is 17.5. The van der Waals surface area contributed by atoms with Crippen LogP contribution in [0.1, 0.15) is 60.3 Å². The molecule has 0 N–H and O–H groups in total. The Hall–Kier alpha value is -1.00. The van der Waals surface area contributed by atoms with E-state index in [0.29, 0.717) is 5.57 Å². The first-order chi connectivity index (χ1) is 11.1. The van der Waals surface area contributed by atoms with Gasteiger partial charge < -0.3 is 9.47 Å². The molecule has 3 fully saturated rings. The molecule has 0 unspecified atom stereocenters. The average molecular weight is 332 g/mol. The van der Waals surface area contributed by atoms with Crippen LogP contribution in [0.4, 0.5) is 0 Å². The van der Waals surface area contributed by atoms with Crippen molar-refractivity contribution in [3.8, 4) is 0 Å². The fourth-order valence-electron chi connectivity index (χ4n) is 4.89. The maximum absolute atomic E-state index is 13.0. The molecule has 0 aromatic heterocycles. The molecule has 132 valence electrons. The molecule has 0 amide bonds. The van der Waals surface area contributed by atoms with Crippen molar-refractivity contribution in [2.45, 2.75) is 83.7 Å². The predicted octanol–water partition coefficient (Wildman–Crippen LogP) is 3.23. The van der Waals surface area contributed by atoms with Crippen molar-refractivity contribution in [2.24, 2.45) is 17.3 Å². The number of epoxide rings is 2. The number of ketones is 2. The lowest BCUT2D eigenvalue weighted by Crippen LogP contribution is -2.44. The number of fused-ring (bicyclic) bond motifs is 4. The van der Waals surface area contributed by atoms with Crippen LogP contribution in [0.2, 0.25) is 0 Å². The SMILES string of the molecule is C[C@@H]1C(=O)C=C2C(=O)[C@H]3O[C@]3(C)CC[C@@H]3O[C@@]3(C)CC[C@]1(C)[C@@H]2C. The Kier molecular flexibility index (Phi) is 3.29. The lowest BCUT2D eigenvalue weighted by atomic mass is 9.58. The van der Waals surface area contributed by atoms with Gasteiger partial charge in [0.05, 0.1) is 11.7 Å². The van der Waals surface area contributed by atoms with E-state index in [0.717, 1.165) is 25.7 Å². The van der Waals surface area contributed by atoms with Gasteiger partial charge in [0.1, 0.15) is 11.7 Å². The number of rotatable bonds is 0. The summed E-state index contributed by atoms with van der Waals surface area (Å²) in [5.74, 6) is 0.0963. The maximum atomic E-state index is 13.0. The van der Waals surface area contributed by atoms with Gasteiger partial charge in [-0.15, -0.1) is 0 Å². The van der Waals surface area contributed by atoms with Crippen LogP contribution in [0.15, 0.2) is 11.6 Å². The Morgan fingerprint density at radius 3 is 2.38 bits per heavy atom. The van der Waals surface area contributed by atoms with Gasteiger partial charge in [-0.25, -0.2) is 0 Å². The van der Waals surface area contributed by atoms with Gasteiger partial charge in [0.2, 0.25) is 0 Å². The molecule has 2 heterocycles. The third-order valence-electron chi connectivity index (χ3n) is 7.67. The first-order valence-corrected chi connectivity index (χ1v) is 9.26. The second-order valence-electron chi connectivity index (χ2n) is 9.08. The lowest BCUT2D eigenvalue weighted by molar-refractivity contribution is -0.126. The highest BCUT2D eigenvalue weighted by Gasteiger charge is 2.62. The molecule has 4 rings (SSSR count). The highest BCUT2D eigenvalue weighted by molar-refractivity contribution is 6.08. The van der Waals surface area contributed by atoms with Crippen molar-refractivity contribution in [1.29, 1.82) is 0 Å². The summed E-state index contributed by atoms with van der Waals surface area (Å²) in [5, 5.41) is 0. The van der Waals surface area contributed by atoms with E-state index in [1.165, 1.54) is 0 Å². The van der Waals surface area contributed by atoms with E-state index < -0.39 is 0 Å². The minimum Gasteiger partial charge on any atom is -0.366 e. The monoisotopic (exact) mass is 332 g/mol. The summed E-state index contributed by atoms with van der Waals surface area (Å²) < 4.78 is 11.8. The maximum Gasteiger partial charge on any atom is 0.190 e. The molecule has 4 nitrogen and oxygen atoms in total. The van der Waals surface area contributed by atoms with E-state index in [4.69, 9.17) is 9.47 Å². The number of hydrogen-bond donors (Lipinski definition) is 0. The summed E-state index contributed by atoms with van der Waals surface area (Å²) in [6.07, 6.45) is 5.10. The summed E-state index contributed by atoms with van der Waals surface area (Å²) >= 11 is 0. The molecular weight excluding hydrogens is 304 g/mol. The zero-order valence-electron chi connectivity index (χ0n) is 15.3. The van der Waals surface area contributed by atoms with Crippen LogP contribution in [0, 0.1) is 17.3 Å². The second kappa shape index (κ2) is 4.79. The van der Waals surface area contributed by atoms with Gasteiger partial charge in [0.25, 0.3) is 0 Å². The van der Waals surface area contributed by atoms with E-state index in [1.54, 1.807) is 6.08 Å². The highest BCUT2D eigenvalue weighted by Crippen LogP contribution is 2.55. The molecular formula is C20H28O4. The van der Waals surface area contributed by atoms with Crippen molar-refractivity contribution in [3.05, 3.63) is 11.6 Å². The smallest absolute Gasteiger partial charge is 0.190 e. The Bertz CT molecular complexity index is 652. The first-order valence-electron chi connectivity index (χ1n) is 9.26. The molecule has 2 aliphatic carbocycles. The third kappa shape index (κ3) is 2.19. The third-order valence-corrected chi connectivity index (χ3v) is 7.67. The van der Waals surface area contributed by atoms with Gasteiger partial charge in [0.15, 0.2) is 11.6 Å². The van der Waals surface area contributed by atoms with E-state index in [-0.39, 0.29) is 52.2 Å². The highest BCUT2D eigenvalue weighted by atomic mass is 16.6. The number of carbonyl (C=O) groups is 2. The van der Waals surface area contributed by atoms with E-state index >= 15 is 0 Å². The molecule has 2 saturated heterocycles. The molecule has 0 radical (unpaired) electrons. The van der Waals surface area contributed by atoms with Crippen molar-refractivity contribution >= 4 is 11.6 Å². The summed E-state index contributed by atoms with van der Waals surface area (Å²) in [7, 11) is 0. The Labute approximate surface area is 144 Å². The predicted molar refractivity (Wildman–Crippen MR) is 89.6 cm³/mol. The van der Waals surface area contributed by atoms with Gasteiger partial charge >= 0.3 is 0 Å². The molecule has 24 heavy (non-hydrogen) atoms. The molecule has 4 heteroatoms. The Morgan fingerprint density at radius 2 is 1.67 bits per heavy atom. The fourth-order valence-corrected chi connectivity index (χ4v) is 4.89. The van der Waals surface area contributed by atoms with Gasteiger partial charge in [-0.05, 0) is 56.9 Å². The minimum absolute atomic E-state index is 0.0246. The zero-order valence-corrected chi connectivity index (χ0v) is 15.3. The molecule has 2 aliphatic heterocycles. The Morgan fingerprint density at radius 1 is 0.958 bits per heavy atom. The van der Waals surface area contributed by atoms with Gasteiger partial charge in [-0.1, -0.05) is 20.8 Å². The summed E-state index contributed by atoms with van der Waals surface area (Å²) in [4.78, 5) is 25.6. The topological polar surface area (TPSA) is 59.2 Å². The van der Waals surface area contributed by atoms with Crippen LogP contribution in [0.3, 0.4) is 0 Å². The molecule has 0 aromatic rings. The second-order valence-corrected chi connectivity index (χ2v) is 9.08. The number of allylic oxidation sites excluding steroid dienone is 1. The van der Waals surface area contributed by atoms with Crippen molar-refractivity contribution < 1.29 is 19.1 Å². The molecule has 0 spiro atoms. The van der Waals surface area contributed by atoms with Crippen molar-refractivity contribution in [2.75, 3.05) is 0 Å². The summed E-state index contributed by atoms with van der Waals surface area (Å²) in [5.41, 5.74) is 0.0115. The molecule has 7 atom stereocenters. The van der Waals surface area contributed by atoms with Gasteiger partial charge in [-0.2, -0.15) is 0 Å². The summed E-state index contributed by atoms with van der Waals surface area (Å²) in [6, 6.07) is 0. The molecule has 2 bridgehead atoms. The summed E-state index contributed by atoms with van der Waals surface area (Å²) in [6.45, 7) is 10.5. The molecule has 1 saturated carbocycles. The van der Waals surface area contributed by atoms with Crippen LogP contribution in [0.5, 0.6) is 0 Å². The molecule has 4 aliphatic rings. The first kappa shape index (κ1) is 16.5. The van der Waals surface area contributed by atoms with Crippen molar-refractivity contribution in [3.63, 3.8) is 0 Å². The minimum atomic E-state index is -0.388. The van der Waals surface area contributed by atoms with Crippen LogP contribution in [-0.2, 0) is 19.1 Å². The average Bonchev–Trinajstić information content (AvgIpc) is 3.40. The van der Waals surface area contributed by atoms with Crippen LogP contribution in [0.25, 0.3) is 0 Å². The van der Waals surface area contributed by atoms with Gasteiger partial charge in [-0.3, -0.25) is 9.59 Å².